The molecule has 1 aromatic heterocycles. The first-order valence-electron chi connectivity index (χ1n) is 6.06. The topological polar surface area (TPSA) is 75.1 Å². The first kappa shape index (κ1) is 11.8. The third kappa shape index (κ3) is 3.15. The molecule has 0 saturated heterocycles. The van der Waals surface area contributed by atoms with Crippen LogP contribution in [0.4, 0.5) is 5.82 Å². The standard InChI is InChI=1S/C12H17N3O2/c16-11(17)6-1-2-7-13-12-9-4-3-5-10(9)14-8-15-12/h8H,1-7H2,(H,16,17)(H,13,14,15). The van der Waals surface area contributed by atoms with Crippen LogP contribution in [-0.4, -0.2) is 27.6 Å². The molecule has 1 aliphatic carbocycles. The average molecular weight is 235 g/mol. The van der Waals surface area contributed by atoms with Crippen LogP contribution < -0.4 is 5.32 Å². The zero-order valence-electron chi connectivity index (χ0n) is 9.78. The number of aryl methyl sites for hydroxylation is 1. The summed E-state index contributed by atoms with van der Waals surface area (Å²) in [5.74, 6) is 0.204. The van der Waals surface area contributed by atoms with Crippen molar-refractivity contribution in [1.29, 1.82) is 0 Å². The molecule has 0 fully saturated rings. The quantitative estimate of drug-likeness (QED) is 0.733. The second-order valence-electron chi connectivity index (χ2n) is 4.28. The highest BCUT2D eigenvalue weighted by molar-refractivity contribution is 5.66. The van der Waals surface area contributed by atoms with Crippen LogP contribution in [0.25, 0.3) is 0 Å². The predicted octanol–water partition coefficient (Wildman–Crippen LogP) is 1.63. The van der Waals surface area contributed by atoms with E-state index in [-0.39, 0.29) is 6.42 Å². The van der Waals surface area contributed by atoms with Gasteiger partial charge < -0.3 is 10.4 Å². The molecule has 0 unspecified atom stereocenters. The minimum absolute atomic E-state index is 0.240. The maximum atomic E-state index is 10.3. The Balaban J connectivity index is 1.80. The minimum atomic E-state index is -0.729. The molecule has 1 heterocycles. The molecule has 92 valence electrons. The van der Waals surface area contributed by atoms with Crippen molar-refractivity contribution in [2.24, 2.45) is 0 Å². The number of hydrogen-bond donors (Lipinski definition) is 2. The van der Waals surface area contributed by atoms with Crippen LogP contribution in [0.15, 0.2) is 6.33 Å². The van der Waals surface area contributed by atoms with Gasteiger partial charge in [0.2, 0.25) is 0 Å². The molecule has 2 N–H and O–H groups in total. The van der Waals surface area contributed by atoms with Crippen molar-refractivity contribution in [3.8, 4) is 0 Å². The van der Waals surface area contributed by atoms with Crippen molar-refractivity contribution < 1.29 is 9.90 Å². The monoisotopic (exact) mass is 235 g/mol. The number of nitrogens with zero attached hydrogens (tertiary/aromatic N) is 2. The lowest BCUT2D eigenvalue weighted by Crippen LogP contribution is -2.07. The summed E-state index contributed by atoms with van der Waals surface area (Å²) in [6.07, 6.45) is 6.65. The Morgan fingerprint density at radius 3 is 3.06 bits per heavy atom. The average Bonchev–Trinajstić information content (AvgIpc) is 2.77. The summed E-state index contributed by atoms with van der Waals surface area (Å²) in [7, 11) is 0. The van der Waals surface area contributed by atoms with E-state index < -0.39 is 5.97 Å². The van der Waals surface area contributed by atoms with Gasteiger partial charge in [-0.25, -0.2) is 9.97 Å². The van der Waals surface area contributed by atoms with Gasteiger partial charge in [0.15, 0.2) is 0 Å². The summed E-state index contributed by atoms with van der Waals surface area (Å²) in [5.41, 5.74) is 2.40. The fourth-order valence-corrected chi connectivity index (χ4v) is 2.12. The van der Waals surface area contributed by atoms with Gasteiger partial charge in [0, 0.05) is 24.2 Å². The molecule has 1 aliphatic rings. The Bertz CT molecular complexity index is 407. The number of aliphatic carboxylic acids is 1. The lowest BCUT2D eigenvalue weighted by molar-refractivity contribution is -0.137. The molecular formula is C12H17N3O2. The highest BCUT2D eigenvalue weighted by atomic mass is 16.4. The molecule has 0 spiro atoms. The Hall–Kier alpha value is -1.65. The molecule has 5 nitrogen and oxygen atoms in total. The van der Waals surface area contributed by atoms with Crippen molar-refractivity contribution in [2.45, 2.75) is 38.5 Å². The van der Waals surface area contributed by atoms with Crippen molar-refractivity contribution in [3.63, 3.8) is 0 Å². The highest BCUT2D eigenvalue weighted by Crippen LogP contribution is 2.24. The fraction of sp³-hybridized carbons (Fsp3) is 0.583. The second kappa shape index (κ2) is 5.61. The molecule has 0 saturated carbocycles. The maximum absolute atomic E-state index is 10.3. The molecule has 5 heteroatoms. The third-order valence-corrected chi connectivity index (χ3v) is 2.98. The van der Waals surface area contributed by atoms with Crippen molar-refractivity contribution in [1.82, 2.24) is 9.97 Å². The molecule has 2 rings (SSSR count). The molecule has 0 atom stereocenters. The van der Waals surface area contributed by atoms with Gasteiger partial charge in [-0.2, -0.15) is 0 Å². The number of nitrogens with one attached hydrogen (secondary N) is 1. The molecular weight excluding hydrogens is 218 g/mol. The van der Waals surface area contributed by atoms with Crippen molar-refractivity contribution in [2.75, 3.05) is 11.9 Å². The number of carbonyl (C=O) groups is 1. The molecule has 0 bridgehead atoms. The first-order chi connectivity index (χ1) is 8.27. The molecule has 1 aromatic rings. The Kier molecular flexibility index (Phi) is 3.90. The van der Waals surface area contributed by atoms with Crippen molar-refractivity contribution in [3.05, 3.63) is 17.6 Å². The zero-order chi connectivity index (χ0) is 12.1. The number of carboxylic acids is 1. The highest BCUT2D eigenvalue weighted by Gasteiger charge is 2.16. The van der Waals surface area contributed by atoms with Crippen LogP contribution in [0, 0.1) is 0 Å². The fourth-order valence-electron chi connectivity index (χ4n) is 2.12. The zero-order valence-corrected chi connectivity index (χ0v) is 9.78. The Morgan fingerprint density at radius 1 is 1.35 bits per heavy atom. The van der Waals surface area contributed by atoms with Crippen LogP contribution >= 0.6 is 0 Å². The molecule has 0 amide bonds. The van der Waals surface area contributed by atoms with E-state index in [2.05, 4.69) is 15.3 Å². The predicted molar refractivity (Wildman–Crippen MR) is 64.0 cm³/mol. The van der Waals surface area contributed by atoms with Crippen LogP contribution in [0.5, 0.6) is 0 Å². The molecule has 0 aliphatic heterocycles. The summed E-state index contributed by atoms with van der Waals surface area (Å²) in [5, 5.41) is 11.8. The number of carboxylic acid groups (broad SMARTS) is 1. The van der Waals surface area contributed by atoms with Crippen LogP contribution in [0.2, 0.25) is 0 Å². The van der Waals surface area contributed by atoms with E-state index >= 15 is 0 Å². The number of anilines is 1. The molecule has 0 radical (unpaired) electrons. The van der Waals surface area contributed by atoms with E-state index in [1.165, 1.54) is 5.56 Å². The van der Waals surface area contributed by atoms with Gasteiger partial charge in [-0.1, -0.05) is 0 Å². The van der Waals surface area contributed by atoms with Crippen LogP contribution in [0.1, 0.15) is 36.9 Å². The van der Waals surface area contributed by atoms with E-state index in [0.29, 0.717) is 6.42 Å². The number of aromatic nitrogens is 2. The van der Waals surface area contributed by atoms with E-state index in [4.69, 9.17) is 5.11 Å². The lowest BCUT2D eigenvalue weighted by Gasteiger charge is -2.08. The van der Waals surface area contributed by atoms with Gasteiger partial charge in [0.1, 0.15) is 12.1 Å². The Labute approximate surface area is 100 Å². The normalized spacial score (nSPS) is 13.4. The summed E-state index contributed by atoms with van der Waals surface area (Å²) in [6, 6.07) is 0. The van der Waals surface area contributed by atoms with Gasteiger partial charge in [0.05, 0.1) is 0 Å². The largest absolute Gasteiger partial charge is 0.481 e. The van der Waals surface area contributed by atoms with Crippen molar-refractivity contribution >= 4 is 11.8 Å². The maximum Gasteiger partial charge on any atom is 0.303 e. The number of rotatable bonds is 6. The van der Waals surface area contributed by atoms with Crippen LogP contribution in [-0.2, 0) is 17.6 Å². The Morgan fingerprint density at radius 2 is 2.24 bits per heavy atom. The lowest BCUT2D eigenvalue weighted by atomic mass is 10.2. The number of fused-ring (bicyclic) bond motifs is 1. The summed E-state index contributed by atoms with van der Waals surface area (Å²) in [6.45, 7) is 0.775. The van der Waals surface area contributed by atoms with Gasteiger partial charge >= 0.3 is 5.97 Å². The number of hydrogen-bond acceptors (Lipinski definition) is 4. The number of unbranched alkanes of at least 4 members (excludes halogenated alkanes) is 1. The second-order valence-corrected chi connectivity index (χ2v) is 4.28. The van der Waals surface area contributed by atoms with E-state index in [1.54, 1.807) is 6.33 Å². The smallest absolute Gasteiger partial charge is 0.303 e. The molecule has 0 aromatic carbocycles. The van der Waals surface area contributed by atoms with Gasteiger partial charge in [-0.3, -0.25) is 4.79 Å². The van der Waals surface area contributed by atoms with Gasteiger partial charge in [-0.15, -0.1) is 0 Å². The summed E-state index contributed by atoms with van der Waals surface area (Å²) < 4.78 is 0. The SMILES string of the molecule is O=C(O)CCCCNc1ncnc2c1CCC2. The van der Waals surface area contributed by atoms with E-state index in [0.717, 1.165) is 43.7 Å². The molecule has 17 heavy (non-hydrogen) atoms. The van der Waals surface area contributed by atoms with Gasteiger partial charge in [-0.05, 0) is 32.1 Å². The minimum Gasteiger partial charge on any atom is -0.481 e. The summed E-state index contributed by atoms with van der Waals surface area (Å²) >= 11 is 0. The van der Waals surface area contributed by atoms with E-state index in [1.807, 2.05) is 0 Å². The third-order valence-electron chi connectivity index (χ3n) is 2.98. The van der Waals surface area contributed by atoms with Crippen LogP contribution in [0.3, 0.4) is 0 Å². The summed E-state index contributed by atoms with van der Waals surface area (Å²) in [4.78, 5) is 18.8. The van der Waals surface area contributed by atoms with E-state index in [9.17, 15) is 4.79 Å². The first-order valence-corrected chi connectivity index (χ1v) is 6.06. The van der Waals surface area contributed by atoms with Gasteiger partial charge in [0.25, 0.3) is 0 Å².